The van der Waals surface area contributed by atoms with Crippen LogP contribution in [0.3, 0.4) is 0 Å². The SMILES string of the molecule is CC.CC.CC.CC.CC.CC.c1ccc2[nH]ccc2c1.c1ccc2ccccc2c1.c1ccc2sccc2c1.c1ccccc1.c1ccncc1.c1ccsc1. The first-order valence-corrected chi connectivity index (χ1v) is 22.4. The number of benzene rings is 5. The number of nitrogens with one attached hydrogen (secondary N) is 1. The molecule has 0 radical (unpaired) electrons. The molecule has 0 saturated heterocycles. The zero-order valence-corrected chi connectivity index (χ0v) is 38.6. The van der Waals surface area contributed by atoms with E-state index in [1.165, 1.54) is 31.8 Å². The predicted octanol–water partition coefficient (Wildman–Crippen LogP) is 18.6. The van der Waals surface area contributed by atoms with E-state index >= 15 is 0 Å². The largest absolute Gasteiger partial charge is 0.361 e. The van der Waals surface area contributed by atoms with Gasteiger partial charge in [0.25, 0.3) is 0 Å². The Labute approximate surface area is 356 Å². The molecule has 9 rings (SSSR count). The Bertz CT molecular complexity index is 1670. The van der Waals surface area contributed by atoms with Crippen molar-refractivity contribution in [3.8, 4) is 0 Å². The molecule has 0 aliphatic rings. The van der Waals surface area contributed by atoms with Gasteiger partial charge < -0.3 is 4.98 Å². The lowest BCUT2D eigenvalue weighted by Crippen LogP contribution is -1.67. The summed E-state index contributed by atoms with van der Waals surface area (Å²) in [6, 6.07) is 59.3. The molecule has 0 unspecified atom stereocenters. The van der Waals surface area contributed by atoms with Crippen LogP contribution in [0.4, 0.5) is 0 Å². The number of para-hydroxylation sites is 1. The number of rotatable bonds is 0. The Morgan fingerprint density at radius 3 is 1.07 bits per heavy atom. The highest BCUT2D eigenvalue weighted by Crippen LogP contribution is 2.19. The van der Waals surface area contributed by atoms with E-state index in [0.29, 0.717) is 0 Å². The van der Waals surface area contributed by atoms with Gasteiger partial charge in [-0.1, -0.05) is 223 Å². The number of fused-ring (bicyclic) bond motifs is 3. The van der Waals surface area contributed by atoms with E-state index < -0.39 is 0 Å². The number of thiophene rings is 2. The summed E-state index contributed by atoms with van der Waals surface area (Å²) < 4.78 is 1.37. The Hall–Kier alpha value is -5.29. The molecule has 57 heavy (non-hydrogen) atoms. The number of aromatic nitrogens is 2. The highest BCUT2D eigenvalue weighted by atomic mass is 32.1. The number of hydrogen-bond acceptors (Lipinski definition) is 3. The van der Waals surface area contributed by atoms with E-state index in [1.54, 1.807) is 35.1 Å². The highest BCUT2D eigenvalue weighted by Gasteiger charge is 1.88. The van der Waals surface area contributed by atoms with Crippen LogP contribution in [0.25, 0.3) is 31.8 Å². The Balaban J connectivity index is -0.000000589. The van der Waals surface area contributed by atoms with Gasteiger partial charge in [-0.15, -0.1) is 11.3 Å². The number of H-pyrrole nitrogens is 1. The zero-order valence-electron chi connectivity index (χ0n) is 37.0. The summed E-state index contributed by atoms with van der Waals surface area (Å²) in [5, 5.41) is 11.4. The Morgan fingerprint density at radius 2 is 0.719 bits per heavy atom. The molecule has 1 N–H and O–H groups in total. The second-order valence-corrected chi connectivity index (χ2v) is 11.1. The Morgan fingerprint density at radius 1 is 0.333 bits per heavy atom. The molecule has 0 amide bonds. The fourth-order valence-electron chi connectivity index (χ4n) is 3.96. The number of nitrogens with zero attached hydrogens (tertiary/aromatic N) is 1. The van der Waals surface area contributed by atoms with Gasteiger partial charge in [-0.05, 0) is 74.1 Å². The quantitative estimate of drug-likeness (QED) is 0.163. The maximum absolute atomic E-state index is 3.78. The molecule has 5 aromatic carbocycles. The molecule has 9 aromatic rings. The van der Waals surface area contributed by atoms with Crippen molar-refractivity contribution in [2.45, 2.75) is 83.1 Å². The van der Waals surface area contributed by atoms with Crippen LogP contribution in [0.5, 0.6) is 0 Å². The summed E-state index contributed by atoms with van der Waals surface area (Å²) in [7, 11) is 0. The van der Waals surface area contributed by atoms with Crippen molar-refractivity contribution < 1.29 is 0 Å². The smallest absolute Gasteiger partial charge is 0.0453 e. The van der Waals surface area contributed by atoms with Crippen LogP contribution in [0.15, 0.2) is 211 Å². The van der Waals surface area contributed by atoms with Gasteiger partial charge in [0.15, 0.2) is 0 Å². The van der Waals surface area contributed by atoms with Crippen molar-refractivity contribution in [2.75, 3.05) is 0 Å². The second kappa shape index (κ2) is 46.9. The average Bonchev–Trinajstić information content (AvgIpc) is 4.18. The predicted molar refractivity (Wildman–Crippen MR) is 267 cm³/mol. The number of pyridine rings is 1. The van der Waals surface area contributed by atoms with Gasteiger partial charge in [0.2, 0.25) is 0 Å². The first-order valence-electron chi connectivity index (χ1n) is 20.6. The molecule has 2 nitrogen and oxygen atoms in total. The van der Waals surface area contributed by atoms with Gasteiger partial charge in [-0.25, -0.2) is 0 Å². The third-order valence-corrected chi connectivity index (χ3v) is 7.67. The van der Waals surface area contributed by atoms with Crippen molar-refractivity contribution in [1.82, 2.24) is 9.97 Å². The maximum Gasteiger partial charge on any atom is 0.0453 e. The lowest BCUT2D eigenvalue weighted by molar-refractivity contribution is 1.33. The van der Waals surface area contributed by atoms with Crippen molar-refractivity contribution in [3.05, 3.63) is 211 Å². The maximum atomic E-state index is 3.78. The zero-order chi connectivity index (χ0) is 43.0. The van der Waals surface area contributed by atoms with Crippen molar-refractivity contribution in [2.24, 2.45) is 0 Å². The number of aromatic amines is 1. The van der Waals surface area contributed by atoms with Crippen LogP contribution in [0.1, 0.15) is 83.1 Å². The summed E-state index contributed by atoms with van der Waals surface area (Å²) in [4.78, 5) is 6.90. The van der Waals surface area contributed by atoms with E-state index in [2.05, 4.69) is 112 Å². The van der Waals surface area contributed by atoms with Crippen LogP contribution in [0, 0.1) is 0 Å². The van der Waals surface area contributed by atoms with Crippen LogP contribution in [-0.4, -0.2) is 9.97 Å². The summed E-state index contributed by atoms with van der Waals surface area (Å²) in [6.45, 7) is 24.0. The minimum absolute atomic E-state index is 1.21. The summed E-state index contributed by atoms with van der Waals surface area (Å²) >= 11 is 3.50. The normalized spacial score (nSPS) is 8.00. The molecule has 0 aliphatic heterocycles. The van der Waals surface area contributed by atoms with Gasteiger partial charge in [0.1, 0.15) is 0 Å². The lowest BCUT2D eigenvalue weighted by Gasteiger charge is -1.92. The van der Waals surface area contributed by atoms with Gasteiger partial charge in [0.05, 0.1) is 0 Å². The van der Waals surface area contributed by atoms with Gasteiger partial charge in [0, 0.05) is 28.8 Å². The fraction of sp³-hybridized carbons (Fsp3) is 0.226. The first-order chi connectivity index (χ1) is 28.4. The van der Waals surface area contributed by atoms with E-state index in [9.17, 15) is 0 Å². The van der Waals surface area contributed by atoms with Crippen molar-refractivity contribution in [1.29, 1.82) is 0 Å². The van der Waals surface area contributed by atoms with Crippen LogP contribution in [-0.2, 0) is 0 Å². The van der Waals surface area contributed by atoms with Crippen molar-refractivity contribution in [3.63, 3.8) is 0 Å². The third-order valence-electron chi connectivity index (χ3n) is 6.14. The summed E-state index contributed by atoms with van der Waals surface area (Å²) in [6.07, 6.45) is 5.45. The molecule has 0 bridgehead atoms. The molecular formula is C53H72N2S2. The lowest BCUT2D eigenvalue weighted by atomic mass is 10.1. The molecule has 306 valence electrons. The third kappa shape index (κ3) is 29.6. The molecule has 4 heteroatoms. The highest BCUT2D eigenvalue weighted by molar-refractivity contribution is 7.17. The van der Waals surface area contributed by atoms with Crippen LogP contribution < -0.4 is 0 Å². The van der Waals surface area contributed by atoms with E-state index in [0.717, 1.165) is 0 Å². The molecule has 0 saturated carbocycles. The summed E-state index contributed by atoms with van der Waals surface area (Å²) in [5.41, 5.74) is 1.21. The molecule has 0 aliphatic carbocycles. The van der Waals surface area contributed by atoms with E-state index in [1.807, 2.05) is 179 Å². The minimum Gasteiger partial charge on any atom is -0.361 e. The molecule has 0 spiro atoms. The van der Waals surface area contributed by atoms with Gasteiger partial charge in [-0.3, -0.25) is 4.98 Å². The average molecular weight is 801 g/mol. The molecule has 0 fully saturated rings. The minimum atomic E-state index is 1.21. The summed E-state index contributed by atoms with van der Waals surface area (Å²) in [5.74, 6) is 0. The van der Waals surface area contributed by atoms with E-state index in [-0.39, 0.29) is 0 Å². The fourth-order valence-corrected chi connectivity index (χ4v) is 5.20. The first kappa shape index (κ1) is 56.0. The number of hydrogen-bond donors (Lipinski definition) is 1. The molecule has 0 atom stereocenters. The van der Waals surface area contributed by atoms with Gasteiger partial charge >= 0.3 is 0 Å². The molecule has 4 aromatic heterocycles. The monoisotopic (exact) mass is 801 g/mol. The second-order valence-electron chi connectivity index (χ2n) is 9.34. The topological polar surface area (TPSA) is 28.7 Å². The molecular weight excluding hydrogens is 729 g/mol. The van der Waals surface area contributed by atoms with Crippen molar-refractivity contribution >= 4 is 54.4 Å². The van der Waals surface area contributed by atoms with Gasteiger partial charge in [-0.2, -0.15) is 11.3 Å². The Kier molecular flexibility index (Phi) is 46.1. The standard InChI is InChI=1S/C10H8.C8H7N.C8H6S.C6H6.C5H5N.C4H4S.6C2H6/c1-2-6-10-8-4-3-7-9(10)5-1;2*1-2-4-8-7(3-1)5-6-9-8;2*1-2-4-6-5-3-1;1-2-4-5-3-1;6*1-2/h1-8H;1-6,9H;1-6H;1-6H;1-5H;1-4H;6*1-2H3. The van der Waals surface area contributed by atoms with Crippen LogP contribution >= 0.6 is 22.7 Å². The van der Waals surface area contributed by atoms with Crippen LogP contribution in [0.2, 0.25) is 0 Å². The molecule has 4 heterocycles. The van der Waals surface area contributed by atoms with E-state index in [4.69, 9.17) is 0 Å².